The van der Waals surface area contributed by atoms with Crippen LogP contribution in [-0.4, -0.2) is 95.7 Å². The van der Waals surface area contributed by atoms with Gasteiger partial charge in [-0.3, -0.25) is 19.4 Å². The summed E-state index contributed by atoms with van der Waals surface area (Å²) in [5, 5.41) is 11.9. The monoisotopic (exact) mass is 448 g/mol. The van der Waals surface area contributed by atoms with E-state index in [-0.39, 0.29) is 22.6 Å². The summed E-state index contributed by atoms with van der Waals surface area (Å²) in [6.07, 6.45) is 0. The molecule has 0 spiro atoms. The summed E-state index contributed by atoms with van der Waals surface area (Å²) in [5.74, 6) is -0.554. The molecule has 0 saturated carbocycles. The van der Waals surface area contributed by atoms with Crippen LogP contribution in [0.4, 0.5) is 10.1 Å². The predicted octanol–water partition coefficient (Wildman–Crippen LogP) is 0.906. The second kappa shape index (κ2) is 10.2. The number of rotatable bonds is 6. The number of benzene rings is 1. The number of nitrogens with zero attached hydrogens (tertiary/aromatic N) is 5. The van der Waals surface area contributed by atoms with E-state index in [4.69, 9.17) is 4.74 Å². The lowest BCUT2D eigenvalue weighted by molar-refractivity contribution is -0.136. The largest absolute Gasteiger partial charge is 0.378 e. The number of piperazine rings is 1. The third kappa shape index (κ3) is 6.03. The normalized spacial score (nSPS) is 18.2. The van der Waals surface area contributed by atoms with Gasteiger partial charge >= 0.3 is 0 Å². The van der Waals surface area contributed by atoms with E-state index in [2.05, 4.69) is 25.3 Å². The molecule has 1 N–H and O–H groups in total. The van der Waals surface area contributed by atoms with Crippen molar-refractivity contribution in [2.24, 2.45) is 0 Å². The van der Waals surface area contributed by atoms with E-state index in [1.165, 1.54) is 35.6 Å². The number of carbonyl (C=O) groups excluding carboxylic acids is 2. The topological polar surface area (TPSA) is 90.9 Å². The number of ether oxygens (including phenoxy) is 1. The molecule has 2 aliphatic heterocycles. The SMILES string of the molecule is O=C(Nc1ccc(F)cc1)c1nnc(CN2CCN(CC(=O)N3CCOCC3)CC2)s1. The van der Waals surface area contributed by atoms with Gasteiger partial charge in [-0.1, -0.05) is 11.3 Å². The first-order valence-electron chi connectivity index (χ1n) is 10.3. The smallest absolute Gasteiger partial charge is 0.286 e. The Morgan fingerprint density at radius 1 is 1.00 bits per heavy atom. The number of morpholine rings is 1. The van der Waals surface area contributed by atoms with E-state index in [0.29, 0.717) is 45.1 Å². The van der Waals surface area contributed by atoms with Crippen LogP contribution < -0.4 is 5.32 Å². The first-order chi connectivity index (χ1) is 15.1. The van der Waals surface area contributed by atoms with E-state index in [1.807, 2.05) is 4.90 Å². The molecule has 2 aromatic rings. The highest BCUT2D eigenvalue weighted by molar-refractivity contribution is 7.13. The van der Waals surface area contributed by atoms with Crippen LogP contribution in [0.15, 0.2) is 24.3 Å². The summed E-state index contributed by atoms with van der Waals surface area (Å²) in [5.41, 5.74) is 0.505. The molecule has 11 heteroatoms. The molecule has 9 nitrogen and oxygen atoms in total. The van der Waals surface area contributed by atoms with Crippen LogP contribution in [0.1, 0.15) is 14.8 Å². The minimum Gasteiger partial charge on any atom is -0.378 e. The highest BCUT2D eigenvalue weighted by atomic mass is 32.1. The van der Waals surface area contributed by atoms with Gasteiger partial charge in [0.2, 0.25) is 10.9 Å². The lowest BCUT2D eigenvalue weighted by atomic mass is 10.3. The summed E-state index contributed by atoms with van der Waals surface area (Å²) in [6.45, 7) is 6.92. The van der Waals surface area contributed by atoms with E-state index >= 15 is 0 Å². The Morgan fingerprint density at radius 2 is 1.68 bits per heavy atom. The summed E-state index contributed by atoms with van der Waals surface area (Å²) in [7, 11) is 0. The molecule has 1 aromatic carbocycles. The van der Waals surface area contributed by atoms with E-state index < -0.39 is 0 Å². The zero-order chi connectivity index (χ0) is 21.6. The summed E-state index contributed by atoms with van der Waals surface area (Å²) in [4.78, 5) is 31.0. The summed E-state index contributed by atoms with van der Waals surface area (Å²) < 4.78 is 18.3. The number of aromatic nitrogens is 2. The van der Waals surface area contributed by atoms with Crippen LogP contribution in [0.2, 0.25) is 0 Å². The van der Waals surface area contributed by atoms with Crippen LogP contribution in [-0.2, 0) is 16.1 Å². The number of nitrogens with one attached hydrogen (secondary N) is 1. The maximum Gasteiger partial charge on any atom is 0.286 e. The third-order valence-corrected chi connectivity index (χ3v) is 6.22. The number of carbonyl (C=O) groups is 2. The first-order valence-corrected chi connectivity index (χ1v) is 11.1. The Morgan fingerprint density at radius 3 is 2.39 bits per heavy atom. The quantitative estimate of drug-likeness (QED) is 0.702. The Hall–Kier alpha value is -2.47. The number of anilines is 1. The molecule has 3 heterocycles. The van der Waals surface area contributed by atoms with Crippen molar-refractivity contribution in [2.75, 3.05) is 64.3 Å². The molecule has 166 valence electrons. The van der Waals surface area contributed by atoms with Crippen LogP contribution in [0.3, 0.4) is 0 Å². The molecule has 31 heavy (non-hydrogen) atoms. The van der Waals surface area contributed by atoms with Gasteiger partial charge in [0.25, 0.3) is 5.91 Å². The summed E-state index contributed by atoms with van der Waals surface area (Å²) in [6, 6.07) is 5.57. The minimum absolute atomic E-state index is 0.165. The van der Waals surface area contributed by atoms with Crippen molar-refractivity contribution < 1.29 is 18.7 Å². The van der Waals surface area contributed by atoms with Crippen LogP contribution >= 0.6 is 11.3 Å². The molecule has 2 fully saturated rings. The molecular weight excluding hydrogens is 423 g/mol. The van der Waals surface area contributed by atoms with Gasteiger partial charge in [-0.15, -0.1) is 10.2 Å². The van der Waals surface area contributed by atoms with Gasteiger partial charge in [0.1, 0.15) is 10.8 Å². The fraction of sp³-hybridized carbons (Fsp3) is 0.500. The molecule has 0 atom stereocenters. The highest BCUT2D eigenvalue weighted by Crippen LogP contribution is 2.16. The Kier molecular flexibility index (Phi) is 7.17. The molecule has 0 bridgehead atoms. The third-order valence-electron chi connectivity index (χ3n) is 5.31. The fourth-order valence-electron chi connectivity index (χ4n) is 3.53. The van der Waals surface area contributed by atoms with Crippen molar-refractivity contribution in [1.82, 2.24) is 24.9 Å². The van der Waals surface area contributed by atoms with Crippen LogP contribution in [0.5, 0.6) is 0 Å². The van der Waals surface area contributed by atoms with Crippen molar-refractivity contribution in [3.05, 3.63) is 40.1 Å². The zero-order valence-corrected chi connectivity index (χ0v) is 17.9. The number of hydrogen-bond acceptors (Lipinski definition) is 8. The maximum atomic E-state index is 13.0. The standard InChI is InChI=1S/C20H25FN6O3S/c21-15-1-3-16(4-2-15)22-19(29)20-24-23-17(31-20)13-25-5-7-26(8-6-25)14-18(28)27-9-11-30-12-10-27/h1-4H,5-14H2,(H,22,29). The molecule has 0 aliphatic carbocycles. The van der Waals surface area contributed by atoms with Crippen molar-refractivity contribution in [2.45, 2.75) is 6.54 Å². The highest BCUT2D eigenvalue weighted by Gasteiger charge is 2.24. The number of amides is 2. The summed E-state index contributed by atoms with van der Waals surface area (Å²) >= 11 is 1.25. The van der Waals surface area contributed by atoms with Gasteiger partial charge in [0, 0.05) is 45.0 Å². The molecule has 0 radical (unpaired) electrons. The second-order valence-corrected chi connectivity index (χ2v) is 8.57. The van der Waals surface area contributed by atoms with E-state index in [0.717, 1.165) is 31.2 Å². The first kappa shape index (κ1) is 21.8. The van der Waals surface area contributed by atoms with Gasteiger partial charge in [-0.05, 0) is 24.3 Å². The number of halogens is 1. The molecule has 4 rings (SSSR count). The van der Waals surface area contributed by atoms with Crippen LogP contribution in [0.25, 0.3) is 0 Å². The Labute approximate surface area is 183 Å². The lowest BCUT2D eigenvalue weighted by Crippen LogP contribution is -2.51. The molecule has 1 aromatic heterocycles. The average molecular weight is 449 g/mol. The molecule has 2 saturated heterocycles. The van der Waals surface area contributed by atoms with Crippen molar-refractivity contribution >= 4 is 28.8 Å². The second-order valence-electron chi connectivity index (χ2n) is 7.51. The Balaban J connectivity index is 1.22. The molecule has 2 aliphatic rings. The number of hydrogen-bond donors (Lipinski definition) is 1. The minimum atomic E-state index is -0.359. The van der Waals surface area contributed by atoms with E-state index in [1.54, 1.807) is 0 Å². The fourth-order valence-corrected chi connectivity index (χ4v) is 4.31. The van der Waals surface area contributed by atoms with E-state index in [9.17, 15) is 14.0 Å². The molecular formula is C20H25FN6O3S. The predicted molar refractivity (Wildman–Crippen MR) is 113 cm³/mol. The van der Waals surface area contributed by atoms with Gasteiger partial charge < -0.3 is 15.0 Å². The molecule has 2 amide bonds. The van der Waals surface area contributed by atoms with Gasteiger partial charge in [-0.25, -0.2) is 4.39 Å². The van der Waals surface area contributed by atoms with Crippen LogP contribution in [0, 0.1) is 5.82 Å². The average Bonchev–Trinajstić information content (AvgIpc) is 3.26. The van der Waals surface area contributed by atoms with Crippen molar-refractivity contribution in [3.63, 3.8) is 0 Å². The Bertz CT molecular complexity index is 895. The van der Waals surface area contributed by atoms with Crippen molar-refractivity contribution in [1.29, 1.82) is 0 Å². The van der Waals surface area contributed by atoms with Gasteiger partial charge in [0.05, 0.1) is 26.3 Å². The van der Waals surface area contributed by atoms with Gasteiger partial charge in [0.15, 0.2) is 0 Å². The lowest BCUT2D eigenvalue weighted by Gasteiger charge is -2.35. The van der Waals surface area contributed by atoms with Gasteiger partial charge in [-0.2, -0.15) is 0 Å². The molecule has 0 unspecified atom stereocenters. The van der Waals surface area contributed by atoms with Crippen molar-refractivity contribution in [3.8, 4) is 0 Å². The zero-order valence-electron chi connectivity index (χ0n) is 17.1. The maximum absolute atomic E-state index is 13.0.